The second kappa shape index (κ2) is 7.74. The summed E-state index contributed by atoms with van der Waals surface area (Å²) in [6.45, 7) is 0. The van der Waals surface area contributed by atoms with E-state index in [9.17, 15) is 14.9 Å². The SMILES string of the molecule is O=c1/c(=C/c2ccc(-c3cccc([N+](=O)[O-])c3)o2)sc2nc(/C=C/c3cccs3)nn12. The van der Waals surface area contributed by atoms with E-state index in [1.54, 1.807) is 47.8 Å². The van der Waals surface area contributed by atoms with Crippen LogP contribution in [0.4, 0.5) is 5.69 Å². The molecule has 0 bridgehead atoms. The molecule has 0 radical (unpaired) electrons. The van der Waals surface area contributed by atoms with Crippen molar-refractivity contribution in [1.82, 2.24) is 14.6 Å². The molecule has 0 aliphatic rings. The first-order valence-electron chi connectivity index (χ1n) is 9.04. The molecule has 0 N–H and O–H groups in total. The number of nitro groups is 1. The molecular formula is C21H12N4O4S2. The molecule has 1 aromatic carbocycles. The lowest BCUT2D eigenvalue weighted by molar-refractivity contribution is -0.384. The van der Waals surface area contributed by atoms with Gasteiger partial charge in [0.05, 0.1) is 4.92 Å². The van der Waals surface area contributed by atoms with Crippen LogP contribution < -0.4 is 10.1 Å². The third kappa shape index (κ3) is 3.81. The predicted octanol–water partition coefficient (Wildman–Crippen LogP) is 4.10. The van der Waals surface area contributed by atoms with Crippen LogP contribution in [0.1, 0.15) is 16.5 Å². The van der Waals surface area contributed by atoms with Crippen LogP contribution in [0.3, 0.4) is 0 Å². The number of nitro benzene ring substituents is 1. The van der Waals surface area contributed by atoms with Crippen LogP contribution in [0.5, 0.6) is 0 Å². The Bertz CT molecular complexity index is 1540. The van der Waals surface area contributed by atoms with Crippen molar-refractivity contribution in [2.75, 3.05) is 0 Å². The summed E-state index contributed by atoms with van der Waals surface area (Å²) in [4.78, 5) is 29.1. The van der Waals surface area contributed by atoms with Crippen molar-refractivity contribution in [2.24, 2.45) is 0 Å². The third-order valence-corrected chi connectivity index (χ3v) is 6.18. The molecule has 0 spiro atoms. The lowest BCUT2D eigenvalue weighted by Crippen LogP contribution is -2.23. The average molecular weight is 448 g/mol. The molecule has 5 rings (SSSR count). The molecule has 0 aliphatic heterocycles. The summed E-state index contributed by atoms with van der Waals surface area (Å²) in [7, 11) is 0. The normalized spacial score (nSPS) is 12.3. The number of hydrogen-bond acceptors (Lipinski definition) is 8. The van der Waals surface area contributed by atoms with Gasteiger partial charge in [-0.2, -0.15) is 9.50 Å². The number of benzene rings is 1. The summed E-state index contributed by atoms with van der Waals surface area (Å²) in [5.41, 5.74) is 0.286. The van der Waals surface area contributed by atoms with Gasteiger partial charge in [-0.3, -0.25) is 14.9 Å². The van der Waals surface area contributed by atoms with Gasteiger partial charge in [-0.1, -0.05) is 29.5 Å². The first-order valence-corrected chi connectivity index (χ1v) is 10.7. The van der Waals surface area contributed by atoms with Crippen LogP contribution in [0.25, 0.3) is 34.5 Å². The highest BCUT2D eigenvalue weighted by molar-refractivity contribution is 7.15. The summed E-state index contributed by atoms with van der Waals surface area (Å²) in [6.07, 6.45) is 5.29. The molecule has 152 valence electrons. The zero-order chi connectivity index (χ0) is 21.4. The average Bonchev–Trinajstić information content (AvgIpc) is 3.55. The highest BCUT2D eigenvalue weighted by Gasteiger charge is 2.12. The highest BCUT2D eigenvalue weighted by atomic mass is 32.1. The molecule has 0 saturated carbocycles. The van der Waals surface area contributed by atoms with Gasteiger partial charge in [0.25, 0.3) is 11.2 Å². The Balaban J connectivity index is 1.45. The molecule has 0 aliphatic carbocycles. The van der Waals surface area contributed by atoms with Crippen molar-refractivity contribution in [3.63, 3.8) is 0 Å². The van der Waals surface area contributed by atoms with Gasteiger partial charge in [-0.15, -0.1) is 16.4 Å². The monoisotopic (exact) mass is 448 g/mol. The van der Waals surface area contributed by atoms with Crippen molar-refractivity contribution in [2.45, 2.75) is 0 Å². The van der Waals surface area contributed by atoms with E-state index >= 15 is 0 Å². The Morgan fingerprint density at radius 3 is 2.81 bits per heavy atom. The standard InChI is InChI=1S/C21H12N4O4S2/c26-20-18(31-21-22-19(23-24(20)21)9-7-16-5-2-10-30-16)12-15-6-8-17(29-15)13-3-1-4-14(11-13)25(27)28/h1-12H/b9-7+,18-12-. The van der Waals surface area contributed by atoms with Gasteiger partial charge in [0.2, 0.25) is 4.96 Å². The molecule has 10 heteroatoms. The number of aromatic nitrogens is 3. The van der Waals surface area contributed by atoms with Gasteiger partial charge in [0.1, 0.15) is 16.1 Å². The van der Waals surface area contributed by atoms with E-state index in [1.807, 2.05) is 23.6 Å². The predicted molar refractivity (Wildman–Crippen MR) is 120 cm³/mol. The van der Waals surface area contributed by atoms with E-state index in [4.69, 9.17) is 4.42 Å². The maximum Gasteiger partial charge on any atom is 0.291 e. The highest BCUT2D eigenvalue weighted by Crippen LogP contribution is 2.26. The number of thiophene rings is 1. The zero-order valence-electron chi connectivity index (χ0n) is 15.7. The minimum Gasteiger partial charge on any atom is -0.457 e. The van der Waals surface area contributed by atoms with Gasteiger partial charge in [-0.05, 0) is 35.7 Å². The minimum atomic E-state index is -0.457. The van der Waals surface area contributed by atoms with Gasteiger partial charge < -0.3 is 4.42 Å². The number of nitrogens with zero attached hydrogens (tertiary/aromatic N) is 4. The Hall–Kier alpha value is -3.89. The van der Waals surface area contributed by atoms with Crippen molar-refractivity contribution in [1.29, 1.82) is 0 Å². The van der Waals surface area contributed by atoms with E-state index in [1.165, 1.54) is 28.0 Å². The van der Waals surface area contributed by atoms with E-state index in [0.29, 0.717) is 32.4 Å². The maximum absolute atomic E-state index is 12.7. The third-order valence-electron chi connectivity index (χ3n) is 4.38. The first-order chi connectivity index (χ1) is 15.1. The molecule has 4 heterocycles. The molecule has 0 saturated heterocycles. The summed E-state index contributed by atoms with van der Waals surface area (Å²) >= 11 is 2.82. The number of furan rings is 1. The molecule has 31 heavy (non-hydrogen) atoms. The molecule has 0 unspecified atom stereocenters. The van der Waals surface area contributed by atoms with Crippen LogP contribution in [0.2, 0.25) is 0 Å². The van der Waals surface area contributed by atoms with Crippen molar-refractivity contribution in [3.05, 3.63) is 95.4 Å². The van der Waals surface area contributed by atoms with E-state index in [2.05, 4.69) is 10.1 Å². The Morgan fingerprint density at radius 1 is 1.13 bits per heavy atom. The van der Waals surface area contributed by atoms with Crippen molar-refractivity contribution >= 4 is 51.5 Å². The van der Waals surface area contributed by atoms with Crippen molar-refractivity contribution in [3.8, 4) is 11.3 Å². The molecule has 4 aromatic heterocycles. The van der Waals surface area contributed by atoms with E-state index in [0.717, 1.165) is 4.88 Å². The largest absolute Gasteiger partial charge is 0.457 e. The molecule has 8 nitrogen and oxygen atoms in total. The van der Waals surface area contributed by atoms with Gasteiger partial charge in [-0.25, -0.2) is 0 Å². The number of fused-ring (bicyclic) bond motifs is 1. The topological polar surface area (TPSA) is 104 Å². The van der Waals surface area contributed by atoms with Crippen LogP contribution in [-0.4, -0.2) is 19.5 Å². The fraction of sp³-hybridized carbons (Fsp3) is 0. The Kier molecular flexibility index (Phi) is 4.77. The first kappa shape index (κ1) is 19.1. The number of hydrogen-bond donors (Lipinski definition) is 0. The smallest absolute Gasteiger partial charge is 0.291 e. The van der Waals surface area contributed by atoms with Gasteiger partial charge in [0.15, 0.2) is 5.82 Å². The van der Waals surface area contributed by atoms with E-state index in [-0.39, 0.29) is 11.2 Å². The lowest BCUT2D eigenvalue weighted by Gasteiger charge is -1.96. The number of rotatable bonds is 5. The summed E-state index contributed by atoms with van der Waals surface area (Å²) in [5.74, 6) is 1.40. The summed E-state index contributed by atoms with van der Waals surface area (Å²) < 4.78 is 7.48. The minimum absolute atomic E-state index is 0.0178. The molecule has 0 amide bonds. The fourth-order valence-corrected chi connectivity index (χ4v) is 4.46. The lowest BCUT2D eigenvalue weighted by atomic mass is 10.1. The number of non-ortho nitro benzene ring substituents is 1. The maximum atomic E-state index is 12.7. The summed E-state index contributed by atoms with van der Waals surface area (Å²) in [5, 5.41) is 17.2. The van der Waals surface area contributed by atoms with Gasteiger partial charge >= 0.3 is 0 Å². The quantitative estimate of drug-likeness (QED) is 0.296. The van der Waals surface area contributed by atoms with Crippen LogP contribution in [0.15, 0.2) is 63.1 Å². The van der Waals surface area contributed by atoms with E-state index < -0.39 is 4.92 Å². The van der Waals surface area contributed by atoms with Crippen LogP contribution in [0, 0.1) is 10.1 Å². The summed E-state index contributed by atoms with van der Waals surface area (Å²) in [6, 6.07) is 13.5. The van der Waals surface area contributed by atoms with Crippen LogP contribution in [-0.2, 0) is 0 Å². The second-order valence-corrected chi connectivity index (χ2v) is 8.43. The second-order valence-electron chi connectivity index (χ2n) is 6.44. The molecule has 0 fully saturated rings. The molecule has 0 atom stereocenters. The Labute approximate surface area is 182 Å². The van der Waals surface area contributed by atoms with Gasteiger partial charge in [0, 0.05) is 28.6 Å². The van der Waals surface area contributed by atoms with Crippen LogP contribution >= 0.6 is 22.7 Å². The fourth-order valence-electron chi connectivity index (χ4n) is 2.95. The Morgan fingerprint density at radius 2 is 2.03 bits per heavy atom. The zero-order valence-corrected chi connectivity index (χ0v) is 17.3. The number of thiazole rings is 1. The molecular weight excluding hydrogens is 436 g/mol. The van der Waals surface area contributed by atoms with Crippen molar-refractivity contribution < 1.29 is 9.34 Å². The molecule has 5 aromatic rings.